The van der Waals surface area contributed by atoms with Gasteiger partial charge in [0.1, 0.15) is 0 Å². The van der Waals surface area contributed by atoms with Crippen LogP contribution in [0.4, 0.5) is 26.3 Å². The Balaban J connectivity index is 0.000000404. The van der Waals surface area contributed by atoms with E-state index in [0.717, 1.165) is 38.3 Å². The second kappa shape index (κ2) is 12.7. The summed E-state index contributed by atoms with van der Waals surface area (Å²) in [7, 11) is 1.85. The lowest BCUT2D eigenvalue weighted by molar-refractivity contribution is -0.193. The number of nitrogens with zero attached hydrogens (tertiary/aromatic N) is 4. The molecule has 0 saturated carbocycles. The van der Waals surface area contributed by atoms with Crippen LogP contribution >= 0.6 is 0 Å². The fourth-order valence-electron chi connectivity index (χ4n) is 3.82. The van der Waals surface area contributed by atoms with Crippen LogP contribution in [0, 0.1) is 5.41 Å². The molecule has 2 amide bonds. The van der Waals surface area contributed by atoms with Crippen LogP contribution in [0.3, 0.4) is 0 Å². The van der Waals surface area contributed by atoms with Crippen LogP contribution in [-0.2, 0) is 25.7 Å². The summed E-state index contributed by atoms with van der Waals surface area (Å²) in [5.74, 6) is -5.24. The van der Waals surface area contributed by atoms with Gasteiger partial charge < -0.3 is 20.0 Å². The highest BCUT2D eigenvalue weighted by atomic mass is 19.4. The maximum Gasteiger partial charge on any atom is 0.490 e. The molecule has 2 saturated heterocycles. The normalized spacial score (nSPS) is 20.4. The molecule has 1 aromatic heterocycles. The Morgan fingerprint density at radius 1 is 1.00 bits per heavy atom. The average molecular weight is 544 g/mol. The smallest absolute Gasteiger partial charge is 0.475 e. The van der Waals surface area contributed by atoms with Crippen molar-refractivity contribution in [3.8, 4) is 0 Å². The first-order valence-electron chi connectivity index (χ1n) is 10.6. The van der Waals surface area contributed by atoms with Crippen molar-refractivity contribution in [1.29, 1.82) is 0 Å². The van der Waals surface area contributed by atoms with E-state index in [9.17, 15) is 35.9 Å². The van der Waals surface area contributed by atoms with Crippen molar-refractivity contribution < 1.29 is 55.7 Å². The third kappa shape index (κ3) is 10.6. The van der Waals surface area contributed by atoms with Crippen molar-refractivity contribution in [2.75, 3.05) is 39.8 Å². The largest absolute Gasteiger partial charge is 0.490 e. The van der Waals surface area contributed by atoms with Crippen LogP contribution in [0.25, 0.3) is 0 Å². The Hall–Kier alpha value is -3.43. The molecule has 1 spiro atoms. The minimum atomic E-state index is -5.08. The Morgan fingerprint density at radius 3 is 1.92 bits per heavy atom. The Bertz CT molecular complexity index is 935. The number of halogens is 6. The van der Waals surface area contributed by atoms with Gasteiger partial charge in [0, 0.05) is 77.5 Å². The summed E-state index contributed by atoms with van der Waals surface area (Å²) in [6.07, 6.45) is -5.99. The molecule has 0 bridgehead atoms. The Kier molecular flexibility index (Phi) is 10.8. The number of hydrogen-bond acceptors (Lipinski definition) is 6. The molecule has 0 aromatic carbocycles. The number of carboxylic acids is 2. The standard InChI is InChI=1S/C17H24N4O2.2C2HF3O2/c1-14(22)21-7-6-20(10-15-4-3-5-18-9-15)12-17(13-21)8-16(23)19(2)11-17;2*3-2(4,5)1(6)7/h3-5,9H,6-8,10-13H2,1-2H3;2*(H,6,7). The van der Waals surface area contributed by atoms with Gasteiger partial charge in [-0.05, 0) is 11.6 Å². The second-order valence-electron chi connectivity index (χ2n) is 8.54. The Labute approximate surface area is 207 Å². The lowest BCUT2D eigenvalue weighted by Gasteiger charge is -2.33. The summed E-state index contributed by atoms with van der Waals surface area (Å²) in [6.45, 7) is 6.19. The number of rotatable bonds is 2. The third-order valence-corrected chi connectivity index (χ3v) is 5.36. The van der Waals surface area contributed by atoms with E-state index in [-0.39, 0.29) is 17.2 Å². The number of pyridine rings is 1. The van der Waals surface area contributed by atoms with Gasteiger partial charge in [-0.1, -0.05) is 6.07 Å². The van der Waals surface area contributed by atoms with E-state index in [2.05, 4.69) is 16.0 Å². The van der Waals surface area contributed by atoms with E-state index in [0.29, 0.717) is 13.0 Å². The first kappa shape index (κ1) is 31.6. The predicted octanol–water partition coefficient (Wildman–Crippen LogP) is 1.86. The molecule has 0 radical (unpaired) electrons. The zero-order valence-electron chi connectivity index (χ0n) is 19.8. The monoisotopic (exact) mass is 544 g/mol. The van der Waals surface area contributed by atoms with Gasteiger partial charge in [0.05, 0.1) is 0 Å². The molecule has 2 fully saturated rings. The number of likely N-dealkylation sites (tertiary alicyclic amines) is 1. The van der Waals surface area contributed by atoms with Crippen LogP contribution < -0.4 is 0 Å². The highest BCUT2D eigenvalue weighted by Crippen LogP contribution is 2.34. The number of aromatic nitrogens is 1. The number of amides is 2. The molecule has 1 atom stereocenters. The predicted molar refractivity (Wildman–Crippen MR) is 114 cm³/mol. The van der Waals surface area contributed by atoms with Gasteiger partial charge >= 0.3 is 24.3 Å². The number of carbonyl (C=O) groups excluding carboxylic acids is 2. The zero-order valence-corrected chi connectivity index (χ0v) is 19.8. The van der Waals surface area contributed by atoms with Crippen molar-refractivity contribution in [3.05, 3.63) is 30.1 Å². The summed E-state index contributed by atoms with van der Waals surface area (Å²) >= 11 is 0. The topological polar surface area (TPSA) is 131 Å². The van der Waals surface area contributed by atoms with Gasteiger partial charge in [-0.2, -0.15) is 26.3 Å². The van der Waals surface area contributed by atoms with E-state index in [4.69, 9.17) is 19.8 Å². The van der Waals surface area contributed by atoms with Crippen molar-refractivity contribution >= 4 is 23.8 Å². The van der Waals surface area contributed by atoms with Crippen molar-refractivity contribution in [3.63, 3.8) is 0 Å². The van der Waals surface area contributed by atoms with Gasteiger partial charge in [-0.3, -0.25) is 19.5 Å². The van der Waals surface area contributed by atoms with Crippen molar-refractivity contribution in [1.82, 2.24) is 19.7 Å². The molecule has 16 heteroatoms. The summed E-state index contributed by atoms with van der Waals surface area (Å²) in [4.78, 5) is 52.0. The number of hydrogen-bond donors (Lipinski definition) is 2. The number of alkyl halides is 6. The minimum absolute atomic E-state index is 0.0922. The number of carboxylic acid groups (broad SMARTS) is 2. The minimum Gasteiger partial charge on any atom is -0.475 e. The van der Waals surface area contributed by atoms with Gasteiger partial charge in [0.25, 0.3) is 0 Å². The summed E-state index contributed by atoms with van der Waals surface area (Å²) in [5.41, 5.74) is 1.01. The molecule has 3 heterocycles. The summed E-state index contributed by atoms with van der Waals surface area (Å²) in [5, 5.41) is 14.2. The first-order valence-corrected chi connectivity index (χ1v) is 10.6. The molecule has 10 nitrogen and oxygen atoms in total. The molecule has 2 aliphatic rings. The quantitative estimate of drug-likeness (QED) is 0.540. The molecule has 1 aromatic rings. The molecule has 2 aliphatic heterocycles. The molecular formula is C21H26F6N4O6. The molecular weight excluding hydrogens is 518 g/mol. The molecule has 2 N–H and O–H groups in total. The van der Waals surface area contributed by atoms with Crippen LogP contribution in [0.2, 0.25) is 0 Å². The van der Waals surface area contributed by atoms with Crippen LogP contribution in [-0.4, -0.2) is 106 Å². The van der Waals surface area contributed by atoms with E-state index < -0.39 is 24.3 Å². The zero-order chi connectivity index (χ0) is 28.6. The van der Waals surface area contributed by atoms with Crippen LogP contribution in [0.5, 0.6) is 0 Å². The van der Waals surface area contributed by atoms with E-state index in [1.807, 2.05) is 24.2 Å². The third-order valence-electron chi connectivity index (χ3n) is 5.36. The van der Waals surface area contributed by atoms with Gasteiger partial charge in [0.2, 0.25) is 11.8 Å². The maximum absolute atomic E-state index is 12.1. The van der Waals surface area contributed by atoms with Gasteiger partial charge in [0.15, 0.2) is 0 Å². The van der Waals surface area contributed by atoms with E-state index >= 15 is 0 Å². The first-order chi connectivity index (χ1) is 16.9. The molecule has 1 unspecified atom stereocenters. The number of carbonyl (C=O) groups is 4. The molecule has 37 heavy (non-hydrogen) atoms. The molecule has 208 valence electrons. The lowest BCUT2D eigenvalue weighted by Crippen LogP contribution is -2.43. The average Bonchev–Trinajstić information content (AvgIpc) is 2.92. The number of aliphatic carboxylic acids is 2. The van der Waals surface area contributed by atoms with Crippen molar-refractivity contribution in [2.45, 2.75) is 32.2 Å². The SMILES string of the molecule is CC(=O)N1CCN(Cc2cccnc2)CC2(CC(=O)N(C)C2)C1.O=C(O)C(F)(F)F.O=C(O)C(F)(F)F. The summed E-state index contributed by atoms with van der Waals surface area (Å²) in [6, 6.07) is 4.01. The molecule has 0 aliphatic carbocycles. The van der Waals surface area contributed by atoms with Crippen LogP contribution in [0.1, 0.15) is 18.9 Å². The van der Waals surface area contributed by atoms with Gasteiger partial charge in [-0.25, -0.2) is 9.59 Å². The molecule has 3 rings (SSSR count). The Morgan fingerprint density at radius 2 is 1.54 bits per heavy atom. The van der Waals surface area contributed by atoms with Crippen LogP contribution in [0.15, 0.2) is 24.5 Å². The second-order valence-corrected chi connectivity index (χ2v) is 8.54. The lowest BCUT2D eigenvalue weighted by atomic mass is 9.86. The highest BCUT2D eigenvalue weighted by molar-refractivity contribution is 5.80. The fraction of sp³-hybridized carbons (Fsp3) is 0.571. The highest BCUT2D eigenvalue weighted by Gasteiger charge is 2.45. The summed E-state index contributed by atoms with van der Waals surface area (Å²) < 4.78 is 63.5. The van der Waals surface area contributed by atoms with Gasteiger partial charge in [-0.15, -0.1) is 0 Å². The van der Waals surface area contributed by atoms with E-state index in [1.54, 1.807) is 18.0 Å². The van der Waals surface area contributed by atoms with E-state index in [1.165, 1.54) is 0 Å². The van der Waals surface area contributed by atoms with Crippen molar-refractivity contribution in [2.24, 2.45) is 5.41 Å². The fourth-order valence-corrected chi connectivity index (χ4v) is 3.82. The maximum atomic E-state index is 12.1.